The molecule has 1 heterocycles. The molecule has 0 fully saturated rings. The van der Waals surface area contributed by atoms with Gasteiger partial charge in [-0.1, -0.05) is 6.07 Å². The van der Waals surface area contributed by atoms with E-state index in [2.05, 4.69) is 16.4 Å². The Morgan fingerprint density at radius 3 is 2.93 bits per heavy atom. The number of nitrogens with zero attached hydrogens (tertiary/aromatic N) is 1. The van der Waals surface area contributed by atoms with Gasteiger partial charge in [0.1, 0.15) is 0 Å². The summed E-state index contributed by atoms with van der Waals surface area (Å²) in [4.78, 5) is 4.41. The molecule has 0 radical (unpaired) electrons. The van der Waals surface area contributed by atoms with Crippen LogP contribution >= 0.6 is 24.8 Å². The van der Waals surface area contributed by atoms with Gasteiger partial charge < -0.3 is 5.32 Å². The second-order valence-corrected chi connectivity index (χ2v) is 3.28. The predicted molar refractivity (Wildman–Crippen MR) is 63.5 cm³/mol. The van der Waals surface area contributed by atoms with Crippen molar-refractivity contribution in [1.29, 1.82) is 0 Å². The Labute approximate surface area is 97.3 Å². The molecule has 2 nitrogen and oxygen atoms in total. The zero-order valence-electron chi connectivity index (χ0n) is 8.19. The first kappa shape index (κ1) is 13.7. The van der Waals surface area contributed by atoms with Gasteiger partial charge in [-0.3, -0.25) is 4.98 Å². The van der Waals surface area contributed by atoms with Crippen molar-refractivity contribution in [2.75, 3.05) is 7.05 Å². The van der Waals surface area contributed by atoms with E-state index in [0.29, 0.717) is 6.04 Å². The summed E-state index contributed by atoms with van der Waals surface area (Å²) < 4.78 is 0. The number of hydrogen-bond donors (Lipinski definition) is 1. The van der Waals surface area contributed by atoms with Gasteiger partial charge in [0.05, 0.1) is 5.69 Å². The van der Waals surface area contributed by atoms with Crippen molar-refractivity contribution in [3.8, 4) is 0 Å². The molecule has 0 saturated heterocycles. The number of aryl methyl sites for hydroxylation is 1. The molecular weight excluding hydrogens is 219 g/mol. The smallest absolute Gasteiger partial charge is 0.0604 e. The Morgan fingerprint density at radius 2 is 2.21 bits per heavy atom. The molecule has 1 aliphatic carbocycles. The Morgan fingerprint density at radius 1 is 1.43 bits per heavy atom. The lowest BCUT2D eigenvalue weighted by atomic mass is 9.92. The maximum atomic E-state index is 4.41. The summed E-state index contributed by atoms with van der Waals surface area (Å²) in [5.74, 6) is 0. The van der Waals surface area contributed by atoms with Crippen LogP contribution in [-0.2, 0) is 6.42 Å². The molecule has 0 unspecified atom stereocenters. The molecule has 1 aromatic heterocycles. The quantitative estimate of drug-likeness (QED) is 0.809. The molecule has 1 N–H and O–H groups in total. The summed E-state index contributed by atoms with van der Waals surface area (Å²) in [6, 6.07) is 4.69. The van der Waals surface area contributed by atoms with Crippen molar-refractivity contribution in [2.24, 2.45) is 0 Å². The third kappa shape index (κ3) is 2.59. The van der Waals surface area contributed by atoms with Gasteiger partial charge in [0, 0.05) is 12.2 Å². The van der Waals surface area contributed by atoms with Gasteiger partial charge in [-0.05, 0) is 37.9 Å². The second-order valence-electron chi connectivity index (χ2n) is 3.28. The number of fused-ring (bicyclic) bond motifs is 1. The number of hydrogen-bond acceptors (Lipinski definition) is 2. The molecule has 0 aliphatic heterocycles. The molecule has 0 amide bonds. The van der Waals surface area contributed by atoms with Gasteiger partial charge in [0.2, 0.25) is 0 Å². The number of halogens is 2. The molecule has 2 rings (SSSR count). The summed E-state index contributed by atoms with van der Waals surface area (Å²) in [6.45, 7) is 0. The Kier molecular flexibility index (Phi) is 6.09. The van der Waals surface area contributed by atoms with Crippen LogP contribution in [0.5, 0.6) is 0 Å². The average Bonchev–Trinajstić information content (AvgIpc) is 2.17. The molecule has 0 spiro atoms. The van der Waals surface area contributed by atoms with Gasteiger partial charge >= 0.3 is 0 Å². The van der Waals surface area contributed by atoms with Crippen molar-refractivity contribution < 1.29 is 0 Å². The first-order valence-corrected chi connectivity index (χ1v) is 4.53. The van der Waals surface area contributed by atoms with Crippen molar-refractivity contribution in [3.05, 3.63) is 29.6 Å². The summed E-state index contributed by atoms with van der Waals surface area (Å²) in [6.07, 6.45) is 5.58. The number of aromatic nitrogens is 1. The highest BCUT2D eigenvalue weighted by atomic mass is 35.5. The third-order valence-corrected chi connectivity index (χ3v) is 2.54. The largest absolute Gasteiger partial charge is 0.312 e. The van der Waals surface area contributed by atoms with E-state index in [-0.39, 0.29) is 24.8 Å². The van der Waals surface area contributed by atoms with Crippen LogP contribution in [-0.4, -0.2) is 12.0 Å². The lowest BCUT2D eigenvalue weighted by molar-refractivity contribution is 0.483. The number of pyridine rings is 1. The van der Waals surface area contributed by atoms with Gasteiger partial charge in [-0.25, -0.2) is 0 Å². The molecule has 0 aromatic carbocycles. The van der Waals surface area contributed by atoms with E-state index < -0.39 is 0 Å². The lowest BCUT2D eigenvalue weighted by Gasteiger charge is -2.23. The van der Waals surface area contributed by atoms with E-state index in [9.17, 15) is 0 Å². The highest BCUT2D eigenvalue weighted by Crippen LogP contribution is 2.26. The summed E-state index contributed by atoms with van der Waals surface area (Å²) in [5, 5.41) is 3.30. The minimum Gasteiger partial charge on any atom is -0.312 e. The third-order valence-electron chi connectivity index (χ3n) is 2.54. The van der Waals surface area contributed by atoms with Crippen LogP contribution in [0.3, 0.4) is 0 Å². The molecule has 4 heteroatoms. The molecule has 0 saturated carbocycles. The summed E-state index contributed by atoms with van der Waals surface area (Å²) in [7, 11) is 2.01. The predicted octanol–water partition coefficient (Wildman–Crippen LogP) is 2.52. The fourth-order valence-electron chi connectivity index (χ4n) is 1.89. The molecule has 1 atom stereocenters. The maximum absolute atomic E-state index is 4.41. The molecular formula is C10H16Cl2N2. The fraction of sp³-hybridized carbons (Fsp3) is 0.500. The monoisotopic (exact) mass is 234 g/mol. The van der Waals surface area contributed by atoms with Crippen molar-refractivity contribution >= 4 is 24.8 Å². The van der Waals surface area contributed by atoms with Crippen molar-refractivity contribution in [2.45, 2.75) is 25.3 Å². The normalized spacial score (nSPS) is 18.8. The van der Waals surface area contributed by atoms with Gasteiger partial charge in [-0.15, -0.1) is 24.8 Å². The molecule has 80 valence electrons. The molecule has 1 aliphatic rings. The lowest BCUT2D eigenvalue weighted by Crippen LogP contribution is -2.22. The zero-order chi connectivity index (χ0) is 8.39. The van der Waals surface area contributed by atoms with E-state index >= 15 is 0 Å². The van der Waals surface area contributed by atoms with Crippen LogP contribution < -0.4 is 5.32 Å². The Hall–Kier alpha value is -0.310. The first-order chi connectivity index (χ1) is 5.92. The average molecular weight is 235 g/mol. The maximum Gasteiger partial charge on any atom is 0.0604 e. The van der Waals surface area contributed by atoms with Crippen LogP contribution in [0.1, 0.15) is 30.1 Å². The number of rotatable bonds is 1. The summed E-state index contributed by atoms with van der Waals surface area (Å²) >= 11 is 0. The van der Waals surface area contributed by atoms with Crippen molar-refractivity contribution in [1.82, 2.24) is 10.3 Å². The van der Waals surface area contributed by atoms with E-state index in [1.165, 1.54) is 30.5 Å². The number of nitrogens with one attached hydrogen (secondary N) is 1. The topological polar surface area (TPSA) is 24.9 Å². The highest BCUT2D eigenvalue weighted by Gasteiger charge is 2.18. The van der Waals surface area contributed by atoms with Crippen LogP contribution in [0, 0.1) is 0 Å². The Bertz CT molecular complexity index is 279. The van der Waals surface area contributed by atoms with Crippen LogP contribution in [0.4, 0.5) is 0 Å². The fourth-order valence-corrected chi connectivity index (χ4v) is 1.89. The summed E-state index contributed by atoms with van der Waals surface area (Å²) in [5.41, 5.74) is 2.68. The van der Waals surface area contributed by atoms with Crippen LogP contribution in [0.25, 0.3) is 0 Å². The van der Waals surface area contributed by atoms with E-state index in [1.807, 2.05) is 19.3 Å². The Balaban J connectivity index is 0.000000845. The van der Waals surface area contributed by atoms with E-state index in [1.54, 1.807) is 0 Å². The minimum absolute atomic E-state index is 0. The molecule has 1 aromatic rings. The second kappa shape index (κ2) is 6.23. The molecule has 0 bridgehead atoms. The SMILES string of the molecule is CN[C@H]1CCCc2cccnc21.Cl.Cl. The van der Waals surface area contributed by atoms with Gasteiger partial charge in [-0.2, -0.15) is 0 Å². The first-order valence-electron chi connectivity index (χ1n) is 4.53. The van der Waals surface area contributed by atoms with Gasteiger partial charge in [0.15, 0.2) is 0 Å². The van der Waals surface area contributed by atoms with Crippen LogP contribution in [0.15, 0.2) is 18.3 Å². The van der Waals surface area contributed by atoms with Crippen LogP contribution in [0.2, 0.25) is 0 Å². The highest BCUT2D eigenvalue weighted by molar-refractivity contribution is 5.85. The van der Waals surface area contributed by atoms with E-state index in [4.69, 9.17) is 0 Å². The minimum atomic E-state index is 0. The standard InChI is InChI=1S/C10H14N2.2ClH/c1-11-9-6-2-4-8-5-3-7-12-10(8)9;;/h3,5,7,9,11H,2,4,6H2,1H3;2*1H/t9-;;/m0../s1. The zero-order valence-corrected chi connectivity index (χ0v) is 9.83. The van der Waals surface area contributed by atoms with Gasteiger partial charge in [0.25, 0.3) is 0 Å². The molecule has 14 heavy (non-hydrogen) atoms. The van der Waals surface area contributed by atoms with Crippen molar-refractivity contribution in [3.63, 3.8) is 0 Å². The van der Waals surface area contributed by atoms with E-state index in [0.717, 1.165) is 0 Å².